The van der Waals surface area contributed by atoms with Crippen molar-refractivity contribution in [3.05, 3.63) is 12.7 Å². The summed E-state index contributed by atoms with van der Waals surface area (Å²) in [5.74, 6) is -0.513. The number of carboxylic acids is 1. The van der Waals surface area contributed by atoms with Crippen LogP contribution in [0.15, 0.2) is 12.7 Å². The van der Waals surface area contributed by atoms with Crippen LogP contribution in [0.2, 0.25) is 0 Å². The van der Waals surface area contributed by atoms with Crippen LogP contribution in [0.25, 0.3) is 0 Å². The smallest absolute Gasteiger partial charge is 0.408 e. The molecule has 17 heavy (non-hydrogen) atoms. The number of amides is 1. The van der Waals surface area contributed by atoms with E-state index in [4.69, 9.17) is 5.11 Å². The Bertz CT molecular complexity index is 263. The lowest BCUT2D eigenvalue weighted by atomic mass is 10.0. The molecule has 0 aromatic carbocycles. The third-order valence-electron chi connectivity index (χ3n) is 2.20. The van der Waals surface area contributed by atoms with Gasteiger partial charge in [0.15, 0.2) is 0 Å². The Morgan fingerprint density at radius 3 is 2.53 bits per heavy atom. The fourth-order valence-electron chi connectivity index (χ4n) is 1.31. The van der Waals surface area contributed by atoms with E-state index in [1.54, 1.807) is 0 Å². The zero-order chi connectivity index (χ0) is 13.3. The second-order valence-electron chi connectivity index (χ2n) is 4.25. The number of hydrogen-bond acceptors (Lipinski definition) is 3. The summed E-state index contributed by atoms with van der Waals surface area (Å²) in [5, 5.41) is 11.2. The van der Waals surface area contributed by atoms with Gasteiger partial charge in [0.25, 0.3) is 0 Å². The summed E-state index contributed by atoms with van der Waals surface area (Å²) < 4.78 is 4.67. The maximum atomic E-state index is 11.2. The second kappa shape index (κ2) is 8.61. The van der Waals surface area contributed by atoms with Gasteiger partial charge < -0.3 is 15.2 Å². The van der Waals surface area contributed by atoms with Gasteiger partial charge in [0.05, 0.1) is 0 Å². The lowest BCUT2D eigenvalue weighted by molar-refractivity contribution is -0.139. The molecule has 0 aromatic rings. The SMILES string of the molecule is C=CCOC(=O)NC(CCCC(C)C)C(=O)O. The van der Waals surface area contributed by atoms with Crippen LogP contribution in [0.3, 0.4) is 0 Å². The van der Waals surface area contributed by atoms with Gasteiger partial charge >= 0.3 is 12.1 Å². The van der Waals surface area contributed by atoms with E-state index >= 15 is 0 Å². The molecule has 0 saturated heterocycles. The molecule has 1 unspecified atom stereocenters. The lowest BCUT2D eigenvalue weighted by Gasteiger charge is -2.14. The molecule has 0 bridgehead atoms. The minimum Gasteiger partial charge on any atom is -0.480 e. The first-order valence-electron chi connectivity index (χ1n) is 5.74. The van der Waals surface area contributed by atoms with Crippen molar-refractivity contribution >= 4 is 12.1 Å². The molecule has 1 amide bonds. The first-order chi connectivity index (χ1) is 7.97. The molecule has 0 rings (SSSR count). The van der Waals surface area contributed by atoms with E-state index in [-0.39, 0.29) is 6.61 Å². The van der Waals surface area contributed by atoms with Crippen LogP contribution in [0, 0.1) is 5.92 Å². The molecule has 0 radical (unpaired) electrons. The Balaban J connectivity index is 4.01. The maximum absolute atomic E-state index is 11.2. The molecule has 5 heteroatoms. The highest BCUT2D eigenvalue weighted by atomic mass is 16.5. The number of aliphatic carboxylic acids is 1. The molecular weight excluding hydrogens is 222 g/mol. The van der Waals surface area contributed by atoms with Gasteiger partial charge in [0.2, 0.25) is 0 Å². The molecule has 0 aliphatic rings. The first-order valence-corrected chi connectivity index (χ1v) is 5.74. The standard InChI is InChI=1S/C12H21NO4/c1-4-8-17-12(16)13-10(11(14)15)7-5-6-9(2)3/h4,9-10H,1,5-8H2,2-3H3,(H,13,16)(H,14,15). The monoisotopic (exact) mass is 243 g/mol. The lowest BCUT2D eigenvalue weighted by Crippen LogP contribution is -2.41. The number of rotatable bonds is 8. The van der Waals surface area contributed by atoms with E-state index in [9.17, 15) is 9.59 Å². The van der Waals surface area contributed by atoms with Gasteiger partial charge in [-0.15, -0.1) is 0 Å². The Morgan fingerprint density at radius 2 is 2.06 bits per heavy atom. The average Bonchev–Trinajstić information content (AvgIpc) is 2.24. The molecule has 0 aliphatic carbocycles. The predicted octanol–water partition coefficient (Wildman–Crippen LogP) is 2.18. The first kappa shape index (κ1) is 15.5. The van der Waals surface area contributed by atoms with Crippen molar-refractivity contribution in [1.29, 1.82) is 0 Å². The van der Waals surface area contributed by atoms with E-state index in [2.05, 4.69) is 30.5 Å². The topological polar surface area (TPSA) is 75.6 Å². The number of hydrogen-bond donors (Lipinski definition) is 2. The van der Waals surface area contributed by atoms with Gasteiger partial charge in [-0.3, -0.25) is 0 Å². The highest BCUT2D eigenvalue weighted by molar-refractivity contribution is 5.79. The molecule has 2 N–H and O–H groups in total. The van der Waals surface area contributed by atoms with Crippen LogP contribution in [0.4, 0.5) is 4.79 Å². The van der Waals surface area contributed by atoms with Gasteiger partial charge in [-0.1, -0.05) is 39.3 Å². The molecule has 98 valence electrons. The summed E-state index contributed by atoms with van der Waals surface area (Å²) in [4.78, 5) is 22.1. The summed E-state index contributed by atoms with van der Waals surface area (Å²) in [5.41, 5.74) is 0. The minimum absolute atomic E-state index is 0.0736. The van der Waals surface area contributed by atoms with Crippen LogP contribution in [-0.4, -0.2) is 29.8 Å². The average molecular weight is 243 g/mol. The molecular formula is C12H21NO4. The number of ether oxygens (including phenoxy) is 1. The van der Waals surface area contributed by atoms with Crippen LogP contribution in [0.1, 0.15) is 33.1 Å². The van der Waals surface area contributed by atoms with Crippen LogP contribution in [0.5, 0.6) is 0 Å². The Morgan fingerprint density at radius 1 is 1.41 bits per heavy atom. The maximum Gasteiger partial charge on any atom is 0.408 e. The molecule has 1 atom stereocenters. The van der Waals surface area contributed by atoms with Gasteiger partial charge in [-0.05, 0) is 12.3 Å². The summed E-state index contributed by atoms with van der Waals surface area (Å²) in [6, 6.07) is -0.883. The Kier molecular flexibility index (Phi) is 7.84. The fraction of sp³-hybridized carbons (Fsp3) is 0.667. The largest absolute Gasteiger partial charge is 0.480 e. The molecule has 0 aliphatic heterocycles. The van der Waals surface area contributed by atoms with Crippen molar-refractivity contribution in [1.82, 2.24) is 5.32 Å². The summed E-state index contributed by atoms with van der Waals surface area (Å²) >= 11 is 0. The third-order valence-corrected chi connectivity index (χ3v) is 2.20. The van der Waals surface area contributed by atoms with Crippen LogP contribution < -0.4 is 5.32 Å². The van der Waals surface area contributed by atoms with E-state index in [0.717, 1.165) is 12.8 Å². The third kappa shape index (κ3) is 8.30. The van der Waals surface area contributed by atoms with Crippen molar-refractivity contribution in [2.24, 2.45) is 5.92 Å². The summed E-state index contributed by atoms with van der Waals surface area (Å²) in [6.45, 7) is 7.61. The van der Waals surface area contributed by atoms with E-state index in [1.165, 1.54) is 6.08 Å². The fourth-order valence-corrected chi connectivity index (χ4v) is 1.31. The number of alkyl carbamates (subject to hydrolysis) is 1. The van der Waals surface area contributed by atoms with Crippen molar-refractivity contribution in [3.63, 3.8) is 0 Å². The molecule has 0 aromatic heterocycles. The number of nitrogens with one attached hydrogen (secondary N) is 1. The van der Waals surface area contributed by atoms with Crippen molar-refractivity contribution in [2.45, 2.75) is 39.2 Å². The van der Waals surface area contributed by atoms with Gasteiger partial charge in [0, 0.05) is 0 Å². The Labute approximate surface area is 102 Å². The number of carbonyl (C=O) groups excluding carboxylic acids is 1. The van der Waals surface area contributed by atoms with E-state index < -0.39 is 18.1 Å². The highest BCUT2D eigenvalue weighted by Crippen LogP contribution is 2.08. The highest BCUT2D eigenvalue weighted by Gasteiger charge is 2.19. The second-order valence-corrected chi connectivity index (χ2v) is 4.25. The zero-order valence-electron chi connectivity index (χ0n) is 10.4. The molecule has 0 saturated carbocycles. The summed E-state index contributed by atoms with van der Waals surface area (Å²) in [7, 11) is 0. The normalized spacial score (nSPS) is 11.9. The number of carboxylic acid groups (broad SMARTS) is 1. The van der Waals surface area contributed by atoms with E-state index in [0.29, 0.717) is 12.3 Å². The molecule has 0 spiro atoms. The molecule has 0 heterocycles. The predicted molar refractivity (Wildman–Crippen MR) is 64.8 cm³/mol. The number of carbonyl (C=O) groups is 2. The van der Waals surface area contributed by atoms with Crippen LogP contribution in [-0.2, 0) is 9.53 Å². The van der Waals surface area contributed by atoms with Crippen LogP contribution >= 0.6 is 0 Å². The molecule has 0 fully saturated rings. The van der Waals surface area contributed by atoms with Crippen molar-refractivity contribution in [3.8, 4) is 0 Å². The quantitative estimate of drug-likeness (QED) is 0.641. The minimum atomic E-state index is -1.04. The summed E-state index contributed by atoms with van der Waals surface area (Å²) in [6.07, 6.45) is 2.82. The van der Waals surface area contributed by atoms with E-state index in [1.807, 2.05) is 0 Å². The van der Waals surface area contributed by atoms with Gasteiger partial charge in [-0.25, -0.2) is 9.59 Å². The van der Waals surface area contributed by atoms with Crippen molar-refractivity contribution < 1.29 is 19.4 Å². The van der Waals surface area contributed by atoms with Gasteiger partial charge in [0.1, 0.15) is 12.6 Å². The van der Waals surface area contributed by atoms with Gasteiger partial charge in [-0.2, -0.15) is 0 Å². The van der Waals surface area contributed by atoms with Crippen molar-refractivity contribution in [2.75, 3.05) is 6.61 Å². The zero-order valence-corrected chi connectivity index (χ0v) is 10.4. The molecule has 5 nitrogen and oxygen atoms in total. The Hall–Kier alpha value is -1.52.